The summed E-state index contributed by atoms with van der Waals surface area (Å²) >= 11 is 5.87. The zero-order valence-corrected chi connectivity index (χ0v) is 8.87. The number of hydrogen-bond acceptors (Lipinski definition) is 2. The van der Waals surface area contributed by atoms with E-state index in [0.29, 0.717) is 10.8 Å². The molecule has 0 bridgehead atoms. The van der Waals surface area contributed by atoms with Gasteiger partial charge in [0.25, 0.3) is 0 Å². The van der Waals surface area contributed by atoms with Crippen molar-refractivity contribution in [1.29, 1.82) is 0 Å². The molecular formula is C10H8ClN3O2. The Balaban J connectivity index is 2.48. The molecule has 2 rings (SSSR count). The number of halogens is 1. The van der Waals surface area contributed by atoms with E-state index in [-0.39, 0.29) is 0 Å². The van der Waals surface area contributed by atoms with Crippen molar-refractivity contribution in [2.75, 3.05) is 5.01 Å². The van der Waals surface area contributed by atoms with E-state index in [4.69, 9.17) is 16.7 Å². The van der Waals surface area contributed by atoms with Crippen molar-refractivity contribution in [1.82, 2.24) is 9.66 Å². The normalized spacial score (nSPS) is 10.1. The van der Waals surface area contributed by atoms with Crippen molar-refractivity contribution in [2.45, 2.75) is 0 Å². The number of carbonyl (C=O) groups is 1. The number of carboxylic acid groups (broad SMARTS) is 1. The van der Waals surface area contributed by atoms with Crippen LogP contribution in [0.2, 0.25) is 5.15 Å². The van der Waals surface area contributed by atoms with Crippen molar-refractivity contribution < 1.29 is 9.90 Å². The van der Waals surface area contributed by atoms with Gasteiger partial charge in [-0.3, -0.25) is 4.98 Å². The van der Waals surface area contributed by atoms with Gasteiger partial charge in [-0.1, -0.05) is 11.6 Å². The first-order chi connectivity index (χ1) is 7.70. The van der Waals surface area contributed by atoms with Crippen LogP contribution in [0.15, 0.2) is 42.9 Å². The minimum Gasteiger partial charge on any atom is -0.463 e. The fourth-order valence-corrected chi connectivity index (χ4v) is 1.53. The molecule has 1 N–H and O–H groups in total. The van der Waals surface area contributed by atoms with E-state index >= 15 is 0 Å². The van der Waals surface area contributed by atoms with Gasteiger partial charge in [0, 0.05) is 18.6 Å². The molecule has 0 fully saturated rings. The van der Waals surface area contributed by atoms with E-state index in [0.717, 1.165) is 5.01 Å². The number of pyridine rings is 1. The van der Waals surface area contributed by atoms with Crippen LogP contribution in [-0.4, -0.2) is 20.9 Å². The second kappa shape index (κ2) is 4.24. The van der Waals surface area contributed by atoms with Crippen molar-refractivity contribution in [3.8, 4) is 0 Å². The Morgan fingerprint density at radius 3 is 2.56 bits per heavy atom. The lowest BCUT2D eigenvalue weighted by atomic mass is 10.4. The van der Waals surface area contributed by atoms with Gasteiger partial charge in [0.05, 0.1) is 5.69 Å². The van der Waals surface area contributed by atoms with Gasteiger partial charge in [-0.2, -0.15) is 5.01 Å². The summed E-state index contributed by atoms with van der Waals surface area (Å²) in [5.41, 5.74) is 0.473. The summed E-state index contributed by atoms with van der Waals surface area (Å²) in [6.45, 7) is 0. The first-order valence-corrected chi connectivity index (χ1v) is 4.84. The Morgan fingerprint density at radius 1 is 1.38 bits per heavy atom. The van der Waals surface area contributed by atoms with Crippen LogP contribution in [-0.2, 0) is 0 Å². The smallest absolute Gasteiger partial charge is 0.431 e. The number of amides is 1. The van der Waals surface area contributed by atoms with E-state index in [1.54, 1.807) is 30.5 Å². The van der Waals surface area contributed by atoms with Gasteiger partial charge in [-0.05, 0) is 24.3 Å². The highest BCUT2D eigenvalue weighted by atomic mass is 35.5. The molecule has 6 heteroatoms. The number of nitrogens with zero attached hydrogens (tertiary/aromatic N) is 3. The molecule has 0 radical (unpaired) electrons. The monoisotopic (exact) mass is 237 g/mol. The van der Waals surface area contributed by atoms with Gasteiger partial charge >= 0.3 is 6.09 Å². The molecule has 0 aromatic carbocycles. The molecule has 0 aliphatic rings. The Kier molecular flexibility index (Phi) is 2.78. The first kappa shape index (κ1) is 10.5. The van der Waals surface area contributed by atoms with Crippen LogP contribution in [0.5, 0.6) is 0 Å². The van der Waals surface area contributed by atoms with Crippen LogP contribution in [0.25, 0.3) is 0 Å². The molecule has 2 heterocycles. The van der Waals surface area contributed by atoms with Gasteiger partial charge in [0.1, 0.15) is 5.15 Å². The van der Waals surface area contributed by atoms with Crippen LogP contribution in [0.3, 0.4) is 0 Å². The van der Waals surface area contributed by atoms with E-state index < -0.39 is 6.09 Å². The van der Waals surface area contributed by atoms with E-state index in [9.17, 15) is 4.79 Å². The largest absolute Gasteiger partial charge is 0.463 e. The molecule has 0 aliphatic heterocycles. The minimum atomic E-state index is -1.12. The predicted molar refractivity (Wildman–Crippen MR) is 59.6 cm³/mol. The summed E-state index contributed by atoms with van der Waals surface area (Å²) < 4.78 is 1.33. The van der Waals surface area contributed by atoms with Crippen LogP contribution >= 0.6 is 11.6 Å². The van der Waals surface area contributed by atoms with Gasteiger partial charge < -0.3 is 5.11 Å². The van der Waals surface area contributed by atoms with Gasteiger partial charge in [-0.15, -0.1) is 0 Å². The lowest BCUT2D eigenvalue weighted by molar-refractivity contribution is 0.199. The lowest BCUT2D eigenvalue weighted by Crippen LogP contribution is -2.34. The third-order valence-electron chi connectivity index (χ3n) is 1.98. The molecule has 0 saturated carbocycles. The van der Waals surface area contributed by atoms with Crippen molar-refractivity contribution in [3.05, 3.63) is 48.0 Å². The number of aromatic nitrogens is 2. The van der Waals surface area contributed by atoms with Crippen molar-refractivity contribution >= 4 is 23.4 Å². The fraction of sp³-hybridized carbons (Fsp3) is 0. The number of rotatable bonds is 2. The fourth-order valence-electron chi connectivity index (χ4n) is 1.33. The summed E-state index contributed by atoms with van der Waals surface area (Å²) in [4.78, 5) is 15.0. The molecular weight excluding hydrogens is 230 g/mol. The Bertz CT molecular complexity index is 498. The van der Waals surface area contributed by atoms with Crippen molar-refractivity contribution in [2.24, 2.45) is 0 Å². The standard InChI is InChI=1S/C10H8ClN3O2/c11-9-2-1-7-13(9)14(10(15)16)8-3-5-12-6-4-8/h1-7H,(H,15,16). The lowest BCUT2D eigenvalue weighted by Gasteiger charge is -2.20. The first-order valence-electron chi connectivity index (χ1n) is 4.46. The maximum Gasteiger partial charge on any atom is 0.431 e. The molecule has 16 heavy (non-hydrogen) atoms. The molecule has 1 amide bonds. The van der Waals surface area contributed by atoms with E-state index in [2.05, 4.69) is 4.98 Å². The highest BCUT2D eigenvalue weighted by Gasteiger charge is 2.17. The second-order valence-electron chi connectivity index (χ2n) is 2.98. The summed E-state index contributed by atoms with van der Waals surface area (Å²) in [7, 11) is 0. The number of anilines is 1. The zero-order chi connectivity index (χ0) is 11.5. The van der Waals surface area contributed by atoms with E-state index in [1.807, 2.05) is 0 Å². The van der Waals surface area contributed by atoms with Gasteiger partial charge in [0.15, 0.2) is 0 Å². The number of hydrogen-bond donors (Lipinski definition) is 1. The molecule has 0 saturated heterocycles. The maximum absolute atomic E-state index is 11.2. The quantitative estimate of drug-likeness (QED) is 0.873. The summed E-state index contributed by atoms with van der Waals surface area (Å²) in [5.74, 6) is 0. The third-order valence-corrected chi connectivity index (χ3v) is 2.28. The Hall–Kier alpha value is -2.01. The molecule has 5 nitrogen and oxygen atoms in total. The average molecular weight is 238 g/mol. The average Bonchev–Trinajstić information content (AvgIpc) is 2.66. The molecule has 0 spiro atoms. The molecule has 2 aromatic rings. The Morgan fingerprint density at radius 2 is 2.06 bits per heavy atom. The van der Waals surface area contributed by atoms with Crippen LogP contribution < -0.4 is 5.01 Å². The highest BCUT2D eigenvalue weighted by molar-refractivity contribution is 6.29. The molecule has 2 aromatic heterocycles. The molecule has 0 unspecified atom stereocenters. The minimum absolute atomic E-state index is 0.319. The summed E-state index contributed by atoms with van der Waals surface area (Å²) in [5, 5.41) is 10.5. The third kappa shape index (κ3) is 1.85. The molecule has 0 aliphatic carbocycles. The van der Waals surface area contributed by atoms with Crippen LogP contribution in [0.1, 0.15) is 0 Å². The molecule has 0 atom stereocenters. The SMILES string of the molecule is O=C(O)N(c1ccncc1)n1cccc1Cl. The van der Waals surface area contributed by atoms with Gasteiger partial charge in [0.2, 0.25) is 0 Å². The summed E-state index contributed by atoms with van der Waals surface area (Å²) in [6.07, 6.45) is 3.48. The maximum atomic E-state index is 11.2. The molecule has 82 valence electrons. The van der Waals surface area contributed by atoms with Crippen molar-refractivity contribution in [3.63, 3.8) is 0 Å². The van der Waals surface area contributed by atoms with E-state index in [1.165, 1.54) is 17.1 Å². The van der Waals surface area contributed by atoms with Crippen LogP contribution in [0.4, 0.5) is 10.5 Å². The Labute approximate surface area is 96.5 Å². The highest BCUT2D eigenvalue weighted by Crippen LogP contribution is 2.18. The predicted octanol–water partition coefficient (Wildman–Crippen LogP) is 2.48. The summed E-state index contributed by atoms with van der Waals surface area (Å²) in [6, 6.07) is 6.45. The second-order valence-corrected chi connectivity index (χ2v) is 3.36. The topological polar surface area (TPSA) is 58.4 Å². The van der Waals surface area contributed by atoms with Crippen LogP contribution in [0, 0.1) is 0 Å². The van der Waals surface area contributed by atoms with Gasteiger partial charge in [-0.25, -0.2) is 9.47 Å². The zero-order valence-electron chi connectivity index (χ0n) is 8.12.